The predicted octanol–water partition coefficient (Wildman–Crippen LogP) is 7.11. The third kappa shape index (κ3) is 7.30. The highest BCUT2D eigenvalue weighted by Crippen LogP contribution is 2.46. The molecule has 2 aliphatic carbocycles. The van der Waals surface area contributed by atoms with Crippen molar-refractivity contribution in [1.29, 1.82) is 0 Å². The van der Waals surface area contributed by atoms with Gasteiger partial charge in [-0.2, -0.15) is 17.5 Å². The van der Waals surface area contributed by atoms with E-state index in [0.29, 0.717) is 42.4 Å². The molecule has 1 saturated heterocycles. The van der Waals surface area contributed by atoms with E-state index in [2.05, 4.69) is 9.80 Å². The maximum atomic E-state index is 13.8. The zero-order chi connectivity index (χ0) is 34.1. The maximum Gasteiger partial charge on any atom is 0.416 e. The van der Waals surface area contributed by atoms with Crippen molar-refractivity contribution in [2.45, 2.75) is 87.4 Å². The van der Waals surface area contributed by atoms with Gasteiger partial charge < -0.3 is 4.90 Å². The molecule has 0 amide bonds. The number of halogens is 4. The molecule has 0 spiro atoms. The van der Waals surface area contributed by atoms with E-state index in [0.717, 1.165) is 56.0 Å². The Balaban J connectivity index is 1.22. The summed E-state index contributed by atoms with van der Waals surface area (Å²) in [6.07, 6.45) is 3.03. The first kappa shape index (κ1) is 34.5. The molecule has 7 nitrogen and oxygen atoms in total. The number of Topliss-reactive ketones (excluding diaryl/α,β-unsaturated/α-hetero) is 1. The number of carbonyl (C=O) groups excluding carboxylic acids is 1. The average molecular weight is 687 g/mol. The fraction of sp³-hybridized carbons (Fsp3) is 0.500. The number of anilines is 1. The lowest BCUT2D eigenvalue weighted by Gasteiger charge is -2.41. The number of benzene rings is 2. The number of ketones is 1. The molecule has 6 rings (SSSR count). The van der Waals surface area contributed by atoms with Crippen LogP contribution in [-0.2, 0) is 27.4 Å². The summed E-state index contributed by atoms with van der Waals surface area (Å²) in [4.78, 5) is 23.4. The summed E-state index contributed by atoms with van der Waals surface area (Å²) in [6.45, 7) is 5.14. The van der Waals surface area contributed by atoms with Crippen molar-refractivity contribution >= 4 is 21.6 Å². The first-order chi connectivity index (χ1) is 22.9. The Labute approximate surface area is 280 Å². The van der Waals surface area contributed by atoms with Gasteiger partial charge in [0.1, 0.15) is 11.6 Å². The van der Waals surface area contributed by atoms with Gasteiger partial charge in [-0.25, -0.2) is 17.8 Å². The molecule has 0 radical (unpaired) electrons. The second kappa shape index (κ2) is 13.9. The molecule has 2 heterocycles. The fourth-order valence-corrected chi connectivity index (χ4v) is 9.15. The van der Waals surface area contributed by atoms with E-state index in [1.807, 2.05) is 12.1 Å². The van der Waals surface area contributed by atoms with Crippen molar-refractivity contribution in [3.05, 3.63) is 77.6 Å². The molecule has 12 heteroatoms. The molecule has 3 fully saturated rings. The van der Waals surface area contributed by atoms with Crippen LogP contribution in [0.25, 0.3) is 11.3 Å². The fourth-order valence-electron chi connectivity index (χ4n) is 7.33. The van der Waals surface area contributed by atoms with Crippen molar-refractivity contribution in [3.8, 4) is 11.3 Å². The van der Waals surface area contributed by atoms with Crippen molar-refractivity contribution in [2.75, 3.05) is 37.6 Å². The predicted molar refractivity (Wildman–Crippen MR) is 177 cm³/mol. The van der Waals surface area contributed by atoms with Gasteiger partial charge >= 0.3 is 6.18 Å². The zero-order valence-electron chi connectivity index (χ0n) is 27.2. The van der Waals surface area contributed by atoms with Crippen LogP contribution in [0.5, 0.6) is 0 Å². The lowest BCUT2D eigenvalue weighted by molar-refractivity contribution is -0.137. The molecule has 0 N–H and O–H groups in total. The first-order valence-corrected chi connectivity index (χ1v) is 18.3. The van der Waals surface area contributed by atoms with Crippen molar-refractivity contribution < 1.29 is 30.8 Å². The highest BCUT2D eigenvalue weighted by molar-refractivity contribution is 7.89. The van der Waals surface area contributed by atoms with E-state index >= 15 is 0 Å². The minimum absolute atomic E-state index is 0.0617. The molecule has 2 aromatic carbocycles. The molecule has 0 unspecified atom stereocenters. The van der Waals surface area contributed by atoms with Crippen LogP contribution >= 0.6 is 0 Å². The van der Waals surface area contributed by atoms with E-state index in [-0.39, 0.29) is 23.6 Å². The highest BCUT2D eigenvalue weighted by atomic mass is 32.2. The van der Waals surface area contributed by atoms with Crippen LogP contribution in [0.4, 0.5) is 23.4 Å². The lowest BCUT2D eigenvalue weighted by atomic mass is 9.94. The van der Waals surface area contributed by atoms with E-state index in [4.69, 9.17) is 4.98 Å². The van der Waals surface area contributed by atoms with Gasteiger partial charge in [0, 0.05) is 50.7 Å². The largest absolute Gasteiger partial charge is 0.416 e. The van der Waals surface area contributed by atoms with Gasteiger partial charge in [0.15, 0.2) is 5.78 Å². The average Bonchev–Trinajstić information content (AvgIpc) is 3.89. The summed E-state index contributed by atoms with van der Waals surface area (Å²) in [5.41, 5.74) is -0.0204. The summed E-state index contributed by atoms with van der Waals surface area (Å²) < 4.78 is 81.7. The maximum absolute atomic E-state index is 13.8. The Morgan fingerprint density at radius 3 is 2.17 bits per heavy atom. The van der Waals surface area contributed by atoms with E-state index in [9.17, 15) is 30.8 Å². The normalized spacial score (nSPS) is 19.1. The number of rotatable bonds is 11. The number of piperazine rings is 1. The van der Waals surface area contributed by atoms with Crippen LogP contribution in [0.3, 0.4) is 0 Å². The molecule has 3 aliphatic rings. The topological polar surface area (TPSA) is 73.8 Å². The molecule has 1 aliphatic heterocycles. The van der Waals surface area contributed by atoms with Crippen LogP contribution in [0.15, 0.2) is 65.6 Å². The van der Waals surface area contributed by atoms with Crippen LogP contribution in [0.2, 0.25) is 0 Å². The standard InChI is InChI=1S/C36H42F4N4O3S/c1-2-44(48(46,47)31-15-13-29(37)14-16-31)35(18-19-35)33(45)17-8-26-24-32(27-9-11-28(12-10-27)36(38,39)40)41-34(25-26)43-22-20-42(21-23-43)30-6-4-3-5-7-30/h9-16,24-25,30H,2-8,17-23H2,1H3. The Bertz CT molecular complexity index is 1700. The van der Waals surface area contributed by atoms with E-state index in [1.165, 1.54) is 60.7 Å². The second-order valence-corrected chi connectivity index (χ2v) is 15.0. The first-order valence-electron chi connectivity index (χ1n) is 16.9. The van der Waals surface area contributed by atoms with Crippen molar-refractivity contribution in [1.82, 2.24) is 14.2 Å². The monoisotopic (exact) mass is 686 g/mol. The molecule has 0 atom stereocenters. The Morgan fingerprint density at radius 2 is 1.58 bits per heavy atom. The number of nitrogens with zero attached hydrogens (tertiary/aromatic N) is 4. The van der Waals surface area contributed by atoms with Crippen LogP contribution in [0, 0.1) is 5.82 Å². The molecule has 3 aromatic rings. The third-order valence-corrected chi connectivity index (χ3v) is 12.2. The van der Waals surface area contributed by atoms with Gasteiger partial charge in [-0.1, -0.05) is 38.3 Å². The van der Waals surface area contributed by atoms with Crippen LogP contribution < -0.4 is 4.90 Å². The second-order valence-electron chi connectivity index (χ2n) is 13.2. The van der Waals surface area contributed by atoms with E-state index in [1.54, 1.807) is 6.92 Å². The number of carbonyl (C=O) groups is 1. The summed E-state index contributed by atoms with van der Waals surface area (Å²) in [6, 6.07) is 13.9. The van der Waals surface area contributed by atoms with Crippen LogP contribution in [0.1, 0.15) is 69.4 Å². The number of alkyl halides is 3. The minimum Gasteiger partial charge on any atom is -0.354 e. The number of aromatic nitrogens is 1. The Morgan fingerprint density at radius 1 is 0.938 bits per heavy atom. The SMILES string of the molecule is CCN(C1(C(=O)CCc2cc(-c3ccc(C(F)(F)F)cc3)nc(N3CCN(C4CCCCC4)CC3)c2)CC1)S(=O)(=O)c1ccc(F)cc1. The summed E-state index contributed by atoms with van der Waals surface area (Å²) >= 11 is 0. The number of hydrogen-bond acceptors (Lipinski definition) is 6. The number of pyridine rings is 1. The summed E-state index contributed by atoms with van der Waals surface area (Å²) in [7, 11) is -4.04. The van der Waals surface area contributed by atoms with Gasteiger partial charge in [-0.05, 0) is 86.2 Å². The quantitative estimate of drug-likeness (QED) is 0.200. The van der Waals surface area contributed by atoms with Gasteiger partial charge in [0.25, 0.3) is 0 Å². The molecule has 1 aromatic heterocycles. The smallest absolute Gasteiger partial charge is 0.354 e. The number of sulfonamides is 1. The molecule has 2 saturated carbocycles. The molecule has 0 bridgehead atoms. The minimum atomic E-state index is -4.45. The van der Waals surface area contributed by atoms with Gasteiger partial charge in [-0.15, -0.1) is 0 Å². The molecule has 258 valence electrons. The number of likely N-dealkylation sites (N-methyl/N-ethyl adjacent to an activating group) is 1. The summed E-state index contributed by atoms with van der Waals surface area (Å²) in [5, 5.41) is 0. The van der Waals surface area contributed by atoms with E-state index < -0.39 is 33.1 Å². The lowest BCUT2D eigenvalue weighted by Crippen LogP contribution is -2.51. The van der Waals surface area contributed by atoms with Gasteiger partial charge in [0.2, 0.25) is 10.0 Å². The van der Waals surface area contributed by atoms with Crippen molar-refractivity contribution in [3.63, 3.8) is 0 Å². The Hall–Kier alpha value is -3.35. The summed E-state index contributed by atoms with van der Waals surface area (Å²) in [5.74, 6) is -0.0216. The van der Waals surface area contributed by atoms with Gasteiger partial charge in [0.05, 0.1) is 21.7 Å². The van der Waals surface area contributed by atoms with Crippen molar-refractivity contribution in [2.24, 2.45) is 0 Å². The van der Waals surface area contributed by atoms with Gasteiger partial charge in [-0.3, -0.25) is 9.69 Å². The molecular formula is C36H42F4N4O3S. The Kier molecular flexibility index (Phi) is 9.98. The zero-order valence-corrected chi connectivity index (χ0v) is 28.0. The number of hydrogen-bond donors (Lipinski definition) is 0. The molecule has 48 heavy (non-hydrogen) atoms. The highest BCUT2D eigenvalue weighted by Gasteiger charge is 2.57. The number of aryl methyl sites for hydroxylation is 1. The van der Waals surface area contributed by atoms with Crippen LogP contribution in [-0.4, -0.2) is 72.7 Å². The third-order valence-electron chi connectivity index (χ3n) is 10.2. The molecular weight excluding hydrogens is 644 g/mol.